The Hall–Kier alpha value is -0.770. The fraction of sp³-hybridized carbons (Fsp3) is 0.600. The van der Waals surface area contributed by atoms with Crippen LogP contribution < -0.4 is 0 Å². The largest absolute Gasteiger partial charge is 0.478 e. The van der Waals surface area contributed by atoms with Crippen LogP contribution in [0.2, 0.25) is 0 Å². The first-order valence-electron chi connectivity index (χ1n) is 4.87. The zero-order chi connectivity index (χ0) is 12.4. The second kappa shape index (κ2) is 9.46. The van der Waals surface area contributed by atoms with E-state index in [-0.39, 0.29) is 5.78 Å². The molecule has 0 aromatic carbocycles. The van der Waals surface area contributed by atoms with Crippen LogP contribution in [0.5, 0.6) is 0 Å². The molecule has 0 aliphatic carbocycles. The van der Waals surface area contributed by atoms with E-state index in [1.807, 2.05) is 0 Å². The first-order chi connectivity index (χ1) is 7.60. The third-order valence-corrected chi connectivity index (χ3v) is 3.23. The highest BCUT2D eigenvalue weighted by atomic mass is 31.2. The van der Waals surface area contributed by atoms with Gasteiger partial charge in [0.2, 0.25) is 0 Å². The molecule has 1 N–H and O–H groups in total. The third kappa shape index (κ3) is 8.53. The molecule has 0 spiro atoms. The topological polar surface area (TPSA) is 72.8 Å². The van der Waals surface area contributed by atoms with Crippen LogP contribution in [0.15, 0.2) is 12.2 Å². The van der Waals surface area contributed by atoms with E-state index < -0.39 is 14.3 Å². The maximum Gasteiger partial charge on any atom is 0.327 e. The molecule has 0 atom stereocenters. The van der Waals surface area contributed by atoms with Gasteiger partial charge in [-0.2, -0.15) is 0 Å². The molecule has 92 valence electrons. The first kappa shape index (κ1) is 15.2. The Bertz CT molecular complexity index is 248. The van der Waals surface area contributed by atoms with Crippen LogP contribution in [-0.2, 0) is 18.6 Å². The molecule has 0 rings (SSSR count). The molecule has 0 amide bonds. The summed E-state index contributed by atoms with van der Waals surface area (Å²) in [5, 5.41) is 8.32. The van der Waals surface area contributed by atoms with Gasteiger partial charge >= 0.3 is 5.97 Å². The van der Waals surface area contributed by atoms with Gasteiger partial charge in [0.1, 0.15) is 5.78 Å². The number of aliphatic carboxylic acids is 1. The molecule has 0 heterocycles. The van der Waals surface area contributed by atoms with Gasteiger partial charge in [-0.3, -0.25) is 4.79 Å². The summed E-state index contributed by atoms with van der Waals surface area (Å²) in [6.45, 7) is 0. The maximum absolute atomic E-state index is 11.4. The van der Waals surface area contributed by atoms with Crippen LogP contribution in [0, 0.1) is 0 Å². The lowest BCUT2D eigenvalue weighted by atomic mass is 10.2. The Labute approximate surface area is 96.4 Å². The highest BCUT2D eigenvalue weighted by Crippen LogP contribution is 2.35. The van der Waals surface area contributed by atoms with Crippen LogP contribution >= 0.6 is 8.38 Å². The van der Waals surface area contributed by atoms with Gasteiger partial charge in [-0.05, 0) is 12.8 Å². The zero-order valence-corrected chi connectivity index (χ0v) is 10.4. The normalized spacial score (nSPS) is 11.2. The van der Waals surface area contributed by atoms with Crippen molar-refractivity contribution in [1.82, 2.24) is 0 Å². The minimum Gasteiger partial charge on any atom is -0.478 e. The number of hydrogen-bond donors (Lipinski definition) is 1. The average Bonchev–Trinajstić information content (AvgIpc) is 2.25. The number of rotatable bonds is 9. The van der Waals surface area contributed by atoms with Crippen molar-refractivity contribution >= 4 is 20.1 Å². The molecule has 5 nitrogen and oxygen atoms in total. The van der Waals surface area contributed by atoms with Crippen molar-refractivity contribution < 1.29 is 23.7 Å². The van der Waals surface area contributed by atoms with Crippen LogP contribution in [0.1, 0.15) is 19.3 Å². The first-order valence-corrected chi connectivity index (χ1v) is 6.23. The summed E-state index contributed by atoms with van der Waals surface area (Å²) in [5.74, 6) is -0.882. The number of unbranched alkanes of at least 4 members (excludes halogenated alkanes) is 1. The van der Waals surface area contributed by atoms with Crippen molar-refractivity contribution in [1.29, 1.82) is 0 Å². The fourth-order valence-electron chi connectivity index (χ4n) is 1.03. The number of carboxylic acids is 1. The van der Waals surface area contributed by atoms with E-state index in [4.69, 9.17) is 14.2 Å². The van der Waals surface area contributed by atoms with E-state index in [2.05, 4.69) is 0 Å². The summed E-state index contributed by atoms with van der Waals surface area (Å²) in [5.41, 5.74) is 0. The second-order valence-corrected chi connectivity index (χ2v) is 4.74. The standard InChI is InChI=1S/C10H17O5P/c1-14-16(15-2)8-9(11)6-4-3-5-7-10(12)13/h5,7H,3-4,6,8H2,1-2H3,(H,12,13)/b7-5+. The number of carbonyl (C=O) groups is 2. The van der Waals surface area contributed by atoms with Crippen LogP contribution in [0.4, 0.5) is 0 Å². The number of ketones is 1. The zero-order valence-electron chi connectivity index (χ0n) is 9.51. The monoisotopic (exact) mass is 248 g/mol. The SMILES string of the molecule is COP(CC(=O)CCC/C=C/C(=O)O)OC. The summed E-state index contributed by atoms with van der Waals surface area (Å²) in [6, 6.07) is 0. The molecule has 0 saturated heterocycles. The molecule has 0 fully saturated rings. The Morgan fingerprint density at radius 2 is 1.94 bits per heavy atom. The molecular weight excluding hydrogens is 231 g/mol. The smallest absolute Gasteiger partial charge is 0.327 e. The lowest BCUT2D eigenvalue weighted by Gasteiger charge is -2.10. The van der Waals surface area contributed by atoms with Crippen molar-refractivity contribution in [2.45, 2.75) is 19.3 Å². The van der Waals surface area contributed by atoms with Crippen molar-refractivity contribution in [3.63, 3.8) is 0 Å². The highest BCUT2D eigenvalue weighted by Gasteiger charge is 2.12. The Morgan fingerprint density at radius 3 is 2.44 bits per heavy atom. The Kier molecular flexibility index (Phi) is 9.00. The van der Waals surface area contributed by atoms with E-state index in [0.29, 0.717) is 25.4 Å². The molecule has 0 radical (unpaired) electrons. The molecule has 0 aliphatic heterocycles. The summed E-state index contributed by atoms with van der Waals surface area (Å²) in [4.78, 5) is 21.5. The molecule has 0 saturated carbocycles. The molecule has 6 heteroatoms. The predicted molar refractivity (Wildman–Crippen MR) is 61.4 cm³/mol. The highest BCUT2D eigenvalue weighted by molar-refractivity contribution is 7.48. The Morgan fingerprint density at radius 1 is 1.31 bits per heavy atom. The van der Waals surface area contributed by atoms with Crippen molar-refractivity contribution in [3.8, 4) is 0 Å². The van der Waals surface area contributed by atoms with E-state index in [0.717, 1.165) is 6.08 Å². The van der Waals surface area contributed by atoms with Crippen LogP contribution in [0.3, 0.4) is 0 Å². The summed E-state index contributed by atoms with van der Waals surface area (Å²) >= 11 is 0. The van der Waals surface area contributed by atoms with Crippen LogP contribution in [-0.4, -0.2) is 37.2 Å². The minimum absolute atomic E-state index is 0.0820. The van der Waals surface area contributed by atoms with Gasteiger partial charge in [0.25, 0.3) is 0 Å². The minimum atomic E-state index is -1.09. The number of carboxylic acid groups (broad SMARTS) is 1. The van der Waals surface area contributed by atoms with Gasteiger partial charge in [-0.25, -0.2) is 4.79 Å². The number of Topliss-reactive ketones (excluding diaryl/α,β-unsaturated/α-hetero) is 1. The maximum atomic E-state index is 11.4. The molecule has 0 aromatic heterocycles. The number of carbonyl (C=O) groups excluding carboxylic acids is 1. The predicted octanol–water partition coefficient (Wildman–Crippen LogP) is 1.97. The molecular formula is C10H17O5P. The molecule has 16 heavy (non-hydrogen) atoms. The lowest BCUT2D eigenvalue weighted by molar-refractivity contribution is -0.131. The van der Waals surface area contributed by atoms with Gasteiger partial charge in [0.05, 0.1) is 6.16 Å². The van der Waals surface area contributed by atoms with Gasteiger partial charge < -0.3 is 14.2 Å². The molecule has 0 bridgehead atoms. The molecule has 0 aromatic rings. The second-order valence-electron chi connectivity index (χ2n) is 3.03. The van der Waals surface area contributed by atoms with E-state index >= 15 is 0 Å². The quantitative estimate of drug-likeness (QED) is 0.383. The molecule has 0 aliphatic rings. The van der Waals surface area contributed by atoms with Crippen LogP contribution in [0.25, 0.3) is 0 Å². The van der Waals surface area contributed by atoms with Gasteiger partial charge in [0.15, 0.2) is 8.38 Å². The van der Waals surface area contributed by atoms with Gasteiger partial charge in [-0.15, -0.1) is 0 Å². The van der Waals surface area contributed by atoms with Crippen molar-refractivity contribution in [2.75, 3.05) is 20.4 Å². The number of allylic oxidation sites excluding steroid dienone is 1. The molecule has 0 unspecified atom stereocenters. The van der Waals surface area contributed by atoms with Crippen molar-refractivity contribution in [2.24, 2.45) is 0 Å². The lowest BCUT2D eigenvalue weighted by Crippen LogP contribution is -2.04. The fourth-order valence-corrected chi connectivity index (χ4v) is 1.88. The van der Waals surface area contributed by atoms with E-state index in [9.17, 15) is 9.59 Å². The van der Waals surface area contributed by atoms with Gasteiger partial charge in [0, 0.05) is 26.7 Å². The third-order valence-electron chi connectivity index (χ3n) is 1.80. The number of hydrogen-bond acceptors (Lipinski definition) is 4. The Balaban J connectivity index is 3.61. The summed E-state index contributed by atoms with van der Waals surface area (Å²) in [6.07, 6.45) is 4.60. The average molecular weight is 248 g/mol. The summed E-state index contributed by atoms with van der Waals surface area (Å²) in [7, 11) is 1.93. The van der Waals surface area contributed by atoms with E-state index in [1.54, 1.807) is 6.08 Å². The van der Waals surface area contributed by atoms with Gasteiger partial charge in [-0.1, -0.05) is 6.08 Å². The summed E-state index contributed by atoms with van der Waals surface area (Å²) < 4.78 is 9.92. The van der Waals surface area contributed by atoms with Crippen molar-refractivity contribution in [3.05, 3.63) is 12.2 Å². The van der Waals surface area contributed by atoms with E-state index in [1.165, 1.54) is 14.2 Å².